The van der Waals surface area contributed by atoms with Crippen LogP contribution in [-0.2, 0) is 5.41 Å². The maximum atomic E-state index is 8.97. The third-order valence-corrected chi connectivity index (χ3v) is 1.69. The van der Waals surface area contributed by atoms with Crippen LogP contribution in [0, 0.1) is 6.92 Å². The predicted molar refractivity (Wildman–Crippen MR) is 41.4 cm³/mol. The molecule has 0 aliphatic heterocycles. The quantitative estimate of drug-likeness (QED) is 0.699. The molecule has 11 heavy (non-hydrogen) atoms. The van der Waals surface area contributed by atoms with Gasteiger partial charge in [0.05, 0.1) is 12.3 Å². The maximum Gasteiger partial charge on any atom is 0.144 e. The van der Waals surface area contributed by atoms with E-state index < -0.39 is 0 Å². The van der Waals surface area contributed by atoms with Crippen molar-refractivity contribution in [3.05, 3.63) is 17.5 Å². The molecule has 1 heterocycles. The molecule has 0 bridgehead atoms. The first-order valence-corrected chi connectivity index (χ1v) is 3.61. The summed E-state index contributed by atoms with van der Waals surface area (Å²) in [6.07, 6.45) is 0. The van der Waals surface area contributed by atoms with E-state index in [1.807, 2.05) is 26.8 Å². The van der Waals surface area contributed by atoms with E-state index in [0.717, 1.165) is 11.5 Å². The summed E-state index contributed by atoms with van der Waals surface area (Å²) in [7, 11) is 0. The number of nitrogens with zero attached hydrogens (tertiary/aromatic N) is 1. The summed E-state index contributed by atoms with van der Waals surface area (Å²) in [5.74, 6) is 0.734. The normalized spacial score (nSPS) is 12.0. The van der Waals surface area contributed by atoms with Crippen molar-refractivity contribution in [2.24, 2.45) is 0 Å². The number of aliphatic hydroxyl groups is 1. The van der Waals surface area contributed by atoms with E-state index in [-0.39, 0.29) is 12.0 Å². The van der Waals surface area contributed by atoms with Crippen LogP contribution in [0.1, 0.15) is 25.3 Å². The zero-order chi connectivity index (χ0) is 8.48. The van der Waals surface area contributed by atoms with Crippen molar-refractivity contribution in [1.82, 2.24) is 5.16 Å². The molecular weight excluding hydrogens is 142 g/mol. The van der Waals surface area contributed by atoms with E-state index in [2.05, 4.69) is 5.16 Å². The van der Waals surface area contributed by atoms with E-state index in [0.29, 0.717) is 0 Å². The van der Waals surface area contributed by atoms with Gasteiger partial charge in [0.25, 0.3) is 0 Å². The molecule has 0 atom stereocenters. The third-order valence-electron chi connectivity index (χ3n) is 1.69. The largest absolute Gasteiger partial charge is 0.395 e. The highest BCUT2D eigenvalue weighted by Gasteiger charge is 2.23. The molecule has 0 spiro atoms. The van der Waals surface area contributed by atoms with Gasteiger partial charge in [-0.05, 0) is 6.92 Å². The van der Waals surface area contributed by atoms with Crippen LogP contribution >= 0.6 is 0 Å². The number of aryl methyl sites for hydroxylation is 1. The van der Waals surface area contributed by atoms with E-state index >= 15 is 0 Å². The molecule has 0 aliphatic rings. The zero-order valence-electron chi connectivity index (χ0n) is 7.09. The predicted octanol–water partition coefficient (Wildman–Crippen LogP) is 1.25. The smallest absolute Gasteiger partial charge is 0.144 e. The minimum atomic E-state index is -0.318. The Balaban J connectivity index is 2.92. The summed E-state index contributed by atoms with van der Waals surface area (Å²) in [5, 5.41) is 12.7. The SMILES string of the molecule is Cc1cc(C(C)(C)CO)on1. The summed E-state index contributed by atoms with van der Waals surface area (Å²) >= 11 is 0. The second-order valence-corrected chi connectivity index (χ2v) is 3.37. The van der Waals surface area contributed by atoms with Gasteiger partial charge in [-0.3, -0.25) is 0 Å². The molecule has 62 valence electrons. The molecule has 1 aromatic heterocycles. The fraction of sp³-hybridized carbons (Fsp3) is 0.625. The van der Waals surface area contributed by atoms with Gasteiger partial charge in [0, 0.05) is 11.5 Å². The lowest BCUT2D eigenvalue weighted by molar-refractivity contribution is 0.186. The number of hydrogen-bond donors (Lipinski definition) is 1. The monoisotopic (exact) mass is 155 g/mol. The summed E-state index contributed by atoms with van der Waals surface area (Å²) in [4.78, 5) is 0. The van der Waals surface area contributed by atoms with Gasteiger partial charge in [-0.2, -0.15) is 0 Å². The van der Waals surface area contributed by atoms with Gasteiger partial charge in [-0.1, -0.05) is 19.0 Å². The van der Waals surface area contributed by atoms with Gasteiger partial charge in [0.1, 0.15) is 5.76 Å². The Hall–Kier alpha value is -0.830. The van der Waals surface area contributed by atoms with Crippen LogP contribution in [0.15, 0.2) is 10.6 Å². The average Bonchev–Trinajstić information content (AvgIpc) is 2.36. The van der Waals surface area contributed by atoms with E-state index in [1.165, 1.54) is 0 Å². The molecule has 3 heteroatoms. The van der Waals surface area contributed by atoms with Crippen molar-refractivity contribution in [3.63, 3.8) is 0 Å². The summed E-state index contributed by atoms with van der Waals surface area (Å²) in [5.41, 5.74) is 0.530. The van der Waals surface area contributed by atoms with E-state index in [9.17, 15) is 0 Å². The number of aromatic nitrogens is 1. The van der Waals surface area contributed by atoms with Crippen LogP contribution in [0.5, 0.6) is 0 Å². The molecular formula is C8H13NO2. The number of rotatable bonds is 2. The molecule has 0 saturated carbocycles. The van der Waals surface area contributed by atoms with Gasteiger partial charge in [-0.25, -0.2) is 0 Å². The van der Waals surface area contributed by atoms with Crippen molar-refractivity contribution in [2.45, 2.75) is 26.2 Å². The summed E-state index contributed by atoms with van der Waals surface area (Å²) < 4.78 is 5.01. The Morgan fingerprint density at radius 2 is 2.27 bits per heavy atom. The number of hydrogen-bond acceptors (Lipinski definition) is 3. The van der Waals surface area contributed by atoms with E-state index in [4.69, 9.17) is 9.63 Å². The van der Waals surface area contributed by atoms with Crippen LogP contribution in [0.4, 0.5) is 0 Å². The molecule has 1 N–H and O–H groups in total. The van der Waals surface area contributed by atoms with Crippen molar-refractivity contribution in [3.8, 4) is 0 Å². The van der Waals surface area contributed by atoms with Gasteiger partial charge in [0.2, 0.25) is 0 Å². The molecule has 0 saturated heterocycles. The van der Waals surface area contributed by atoms with E-state index in [1.54, 1.807) is 0 Å². The second-order valence-electron chi connectivity index (χ2n) is 3.37. The van der Waals surface area contributed by atoms with Crippen LogP contribution in [-0.4, -0.2) is 16.9 Å². The van der Waals surface area contributed by atoms with Gasteiger partial charge < -0.3 is 9.63 Å². The Labute approximate surface area is 66.0 Å². The number of aliphatic hydroxyl groups excluding tert-OH is 1. The first kappa shape index (κ1) is 8.27. The Kier molecular flexibility index (Phi) is 2.00. The highest BCUT2D eigenvalue weighted by molar-refractivity contribution is 5.12. The highest BCUT2D eigenvalue weighted by Crippen LogP contribution is 2.22. The zero-order valence-corrected chi connectivity index (χ0v) is 7.09. The minimum absolute atomic E-state index is 0.0711. The summed E-state index contributed by atoms with van der Waals surface area (Å²) in [6, 6.07) is 1.84. The molecule has 0 unspecified atom stereocenters. The first-order chi connectivity index (χ1) is 5.06. The highest BCUT2D eigenvalue weighted by atomic mass is 16.5. The van der Waals surface area contributed by atoms with Crippen LogP contribution in [0.25, 0.3) is 0 Å². The Morgan fingerprint density at radius 3 is 2.64 bits per heavy atom. The fourth-order valence-electron chi connectivity index (χ4n) is 0.760. The average molecular weight is 155 g/mol. The first-order valence-electron chi connectivity index (χ1n) is 3.61. The molecule has 3 nitrogen and oxygen atoms in total. The second kappa shape index (κ2) is 2.66. The van der Waals surface area contributed by atoms with Crippen molar-refractivity contribution in [2.75, 3.05) is 6.61 Å². The molecule has 1 rings (SSSR count). The molecule has 0 aliphatic carbocycles. The van der Waals surface area contributed by atoms with Crippen LogP contribution < -0.4 is 0 Å². The lowest BCUT2D eigenvalue weighted by Gasteiger charge is -2.16. The van der Waals surface area contributed by atoms with Crippen LogP contribution in [0.2, 0.25) is 0 Å². The fourth-order valence-corrected chi connectivity index (χ4v) is 0.760. The Morgan fingerprint density at radius 1 is 1.64 bits per heavy atom. The van der Waals surface area contributed by atoms with Crippen molar-refractivity contribution < 1.29 is 9.63 Å². The minimum Gasteiger partial charge on any atom is -0.395 e. The van der Waals surface area contributed by atoms with Gasteiger partial charge in [-0.15, -0.1) is 0 Å². The lowest BCUT2D eigenvalue weighted by atomic mass is 9.91. The molecule has 0 amide bonds. The topological polar surface area (TPSA) is 46.3 Å². The van der Waals surface area contributed by atoms with Crippen molar-refractivity contribution in [1.29, 1.82) is 0 Å². The molecule has 0 aromatic carbocycles. The van der Waals surface area contributed by atoms with Gasteiger partial charge in [0.15, 0.2) is 0 Å². The molecule has 1 aromatic rings. The Bertz CT molecular complexity index is 240. The maximum absolute atomic E-state index is 8.97. The van der Waals surface area contributed by atoms with Gasteiger partial charge >= 0.3 is 0 Å². The summed E-state index contributed by atoms with van der Waals surface area (Å²) in [6.45, 7) is 5.75. The third kappa shape index (κ3) is 1.60. The molecule has 0 radical (unpaired) electrons. The standard InChI is InChI=1S/C8H13NO2/c1-6-4-7(11-9-6)8(2,3)5-10/h4,10H,5H2,1-3H3. The molecule has 0 fully saturated rings. The lowest BCUT2D eigenvalue weighted by Crippen LogP contribution is -2.21. The van der Waals surface area contributed by atoms with Crippen molar-refractivity contribution >= 4 is 0 Å². The van der Waals surface area contributed by atoms with Crippen LogP contribution in [0.3, 0.4) is 0 Å².